The van der Waals surface area contributed by atoms with Crippen molar-refractivity contribution in [2.75, 3.05) is 12.9 Å². The molecule has 0 bridgehead atoms. The molecule has 0 spiro atoms. The molecule has 1 saturated carbocycles. The van der Waals surface area contributed by atoms with Crippen LogP contribution in [0.5, 0.6) is 0 Å². The van der Waals surface area contributed by atoms with Gasteiger partial charge in [-0.25, -0.2) is 8.42 Å². The van der Waals surface area contributed by atoms with E-state index in [-0.39, 0.29) is 47.2 Å². The van der Waals surface area contributed by atoms with E-state index in [2.05, 4.69) is 10.6 Å². The molecule has 8 heteroatoms. The third kappa shape index (κ3) is 3.85. The maximum absolute atomic E-state index is 12.3. The van der Waals surface area contributed by atoms with E-state index in [1.807, 2.05) is 0 Å². The number of nitrogens with one attached hydrogen (secondary N) is 2. The molecule has 2 fully saturated rings. The number of benzene rings is 1. The van der Waals surface area contributed by atoms with Gasteiger partial charge in [-0.2, -0.15) is 0 Å². The summed E-state index contributed by atoms with van der Waals surface area (Å²) in [6.07, 6.45) is 2.15. The van der Waals surface area contributed by atoms with Crippen molar-refractivity contribution in [2.45, 2.75) is 42.8 Å². The Balaban J connectivity index is 1.61. The van der Waals surface area contributed by atoms with Crippen molar-refractivity contribution in [3.63, 3.8) is 0 Å². The van der Waals surface area contributed by atoms with Gasteiger partial charge in [-0.1, -0.05) is 12.1 Å². The van der Waals surface area contributed by atoms with E-state index in [1.54, 1.807) is 12.1 Å². The minimum atomic E-state index is -3.25. The molecule has 3 rings (SSSR count). The third-order valence-corrected chi connectivity index (χ3v) is 5.93. The van der Waals surface area contributed by atoms with Gasteiger partial charge in [0.05, 0.1) is 29.5 Å². The van der Waals surface area contributed by atoms with E-state index in [9.17, 15) is 18.0 Å². The highest BCUT2D eigenvalue weighted by Gasteiger charge is 2.54. The number of fused-ring (bicyclic) bond motifs is 1. The molecule has 0 radical (unpaired) electrons. The Morgan fingerprint density at radius 1 is 1.16 bits per heavy atom. The number of hydrogen-bond donors (Lipinski definition) is 2. The van der Waals surface area contributed by atoms with E-state index in [4.69, 9.17) is 4.74 Å². The van der Waals surface area contributed by atoms with E-state index in [0.29, 0.717) is 6.61 Å². The fourth-order valence-electron chi connectivity index (χ4n) is 3.59. The first-order chi connectivity index (χ1) is 11.8. The summed E-state index contributed by atoms with van der Waals surface area (Å²) in [5.74, 6) is -0.0687. The lowest BCUT2D eigenvalue weighted by Gasteiger charge is -2.47. The van der Waals surface area contributed by atoms with Crippen LogP contribution in [0.15, 0.2) is 29.2 Å². The van der Waals surface area contributed by atoms with E-state index in [1.165, 1.54) is 19.1 Å². The monoisotopic (exact) mass is 366 g/mol. The predicted molar refractivity (Wildman–Crippen MR) is 90.6 cm³/mol. The summed E-state index contributed by atoms with van der Waals surface area (Å²) in [6, 6.07) is 5.97. The maximum Gasteiger partial charge on any atom is 0.224 e. The summed E-state index contributed by atoms with van der Waals surface area (Å²) >= 11 is 0. The van der Waals surface area contributed by atoms with Crippen LogP contribution >= 0.6 is 0 Å². The fourth-order valence-corrected chi connectivity index (χ4v) is 4.22. The lowest BCUT2D eigenvalue weighted by Crippen LogP contribution is -2.70. The summed E-state index contributed by atoms with van der Waals surface area (Å²) < 4.78 is 28.5. The number of hydrogen-bond acceptors (Lipinski definition) is 5. The summed E-state index contributed by atoms with van der Waals surface area (Å²) in [7, 11) is -3.25. The predicted octanol–water partition coefficient (Wildman–Crippen LogP) is 0.0408. The average molecular weight is 366 g/mol. The average Bonchev–Trinajstić information content (AvgIpc) is 2.95. The Bertz CT molecular complexity index is 775. The summed E-state index contributed by atoms with van der Waals surface area (Å²) in [6.45, 7) is 2.09. The number of sulfone groups is 1. The van der Waals surface area contributed by atoms with Crippen LogP contribution in [0, 0.1) is 5.92 Å². The second kappa shape index (κ2) is 6.76. The zero-order valence-electron chi connectivity index (χ0n) is 14.2. The van der Waals surface area contributed by atoms with Gasteiger partial charge < -0.3 is 15.4 Å². The van der Waals surface area contributed by atoms with Crippen LogP contribution in [-0.4, -0.2) is 51.3 Å². The van der Waals surface area contributed by atoms with Gasteiger partial charge in [0.1, 0.15) is 0 Å². The van der Waals surface area contributed by atoms with Gasteiger partial charge in [0, 0.05) is 25.7 Å². The van der Waals surface area contributed by atoms with Crippen molar-refractivity contribution in [2.24, 2.45) is 5.92 Å². The molecule has 1 aliphatic carbocycles. The second-order valence-corrected chi connectivity index (χ2v) is 8.72. The van der Waals surface area contributed by atoms with Gasteiger partial charge in [0.15, 0.2) is 9.84 Å². The number of carbonyl (C=O) groups is 2. The lowest BCUT2D eigenvalue weighted by molar-refractivity contribution is -0.129. The fraction of sp³-hybridized carbons (Fsp3) is 0.529. The van der Waals surface area contributed by atoms with E-state index in [0.717, 1.165) is 18.2 Å². The molecule has 2 N–H and O–H groups in total. The van der Waals surface area contributed by atoms with E-state index < -0.39 is 9.84 Å². The first-order valence-corrected chi connectivity index (χ1v) is 10.1. The quantitative estimate of drug-likeness (QED) is 0.766. The molecule has 1 saturated heterocycles. The highest BCUT2D eigenvalue weighted by Crippen LogP contribution is 2.39. The Hall–Kier alpha value is -1.93. The smallest absolute Gasteiger partial charge is 0.224 e. The molecule has 1 aromatic carbocycles. The molecule has 1 aliphatic heterocycles. The number of amides is 2. The minimum Gasteiger partial charge on any atom is -0.376 e. The van der Waals surface area contributed by atoms with Crippen LogP contribution in [0.3, 0.4) is 0 Å². The van der Waals surface area contributed by atoms with Crippen LogP contribution in [-0.2, 0) is 30.6 Å². The zero-order valence-corrected chi connectivity index (χ0v) is 15.0. The summed E-state index contributed by atoms with van der Waals surface area (Å²) in [5.41, 5.74) is 0.736. The Labute approximate surface area is 147 Å². The van der Waals surface area contributed by atoms with Crippen molar-refractivity contribution in [1.82, 2.24) is 10.6 Å². The molecule has 4 atom stereocenters. The molecule has 7 nitrogen and oxygen atoms in total. The van der Waals surface area contributed by atoms with Crippen LogP contribution < -0.4 is 10.6 Å². The van der Waals surface area contributed by atoms with E-state index >= 15 is 0 Å². The molecule has 1 heterocycles. The summed E-state index contributed by atoms with van der Waals surface area (Å²) in [5, 5.41) is 5.83. The first kappa shape index (κ1) is 17.9. The molecule has 25 heavy (non-hydrogen) atoms. The minimum absolute atomic E-state index is 0.0248. The van der Waals surface area contributed by atoms with Gasteiger partial charge >= 0.3 is 0 Å². The third-order valence-electron chi connectivity index (χ3n) is 4.80. The van der Waals surface area contributed by atoms with Crippen LogP contribution in [0.4, 0.5) is 0 Å². The Morgan fingerprint density at radius 3 is 2.44 bits per heavy atom. The maximum atomic E-state index is 12.3. The standard InChI is InChI=1S/C17H22N2O5S/c1-10(20)18-16-15(13-7-8-24-17(13)16)19-14(21)9-11-3-5-12(6-4-11)25(2,22)23/h3-6,13,15-17H,7-9H2,1-2H3,(H,18,20)(H,19,21)/t13-,15+,16-,17-/m1/s1. The SMILES string of the molecule is CC(=O)N[C@@H]1[C@@H](NC(=O)Cc2ccc(S(C)(=O)=O)cc2)[C@H]2CCO[C@H]21. The molecule has 0 aromatic heterocycles. The van der Waals surface area contributed by atoms with Crippen molar-refractivity contribution in [1.29, 1.82) is 0 Å². The highest BCUT2D eigenvalue weighted by molar-refractivity contribution is 7.90. The van der Waals surface area contributed by atoms with Crippen LogP contribution in [0.1, 0.15) is 18.9 Å². The first-order valence-electron chi connectivity index (χ1n) is 8.23. The van der Waals surface area contributed by atoms with Gasteiger partial charge in [-0.15, -0.1) is 0 Å². The summed E-state index contributed by atoms with van der Waals surface area (Å²) in [4.78, 5) is 23.9. The van der Waals surface area contributed by atoms with Crippen LogP contribution in [0.25, 0.3) is 0 Å². The van der Waals surface area contributed by atoms with Crippen molar-refractivity contribution < 1.29 is 22.7 Å². The molecular formula is C17H22N2O5S. The van der Waals surface area contributed by atoms with Gasteiger partial charge in [0.25, 0.3) is 0 Å². The lowest BCUT2D eigenvalue weighted by atomic mass is 9.71. The van der Waals surface area contributed by atoms with Crippen LogP contribution in [0.2, 0.25) is 0 Å². The van der Waals surface area contributed by atoms with Crippen molar-refractivity contribution in [3.8, 4) is 0 Å². The molecule has 1 aromatic rings. The normalized spacial score (nSPS) is 27.9. The topological polar surface area (TPSA) is 102 Å². The molecule has 136 valence electrons. The highest BCUT2D eigenvalue weighted by atomic mass is 32.2. The van der Waals surface area contributed by atoms with Crippen molar-refractivity contribution >= 4 is 21.7 Å². The number of ether oxygens (including phenoxy) is 1. The molecule has 2 amide bonds. The van der Waals surface area contributed by atoms with Gasteiger partial charge in [0.2, 0.25) is 11.8 Å². The Morgan fingerprint density at radius 2 is 1.84 bits per heavy atom. The zero-order chi connectivity index (χ0) is 18.2. The van der Waals surface area contributed by atoms with Gasteiger partial charge in [-0.3, -0.25) is 9.59 Å². The number of rotatable bonds is 5. The molecule has 2 aliphatic rings. The van der Waals surface area contributed by atoms with Gasteiger partial charge in [-0.05, 0) is 24.1 Å². The largest absolute Gasteiger partial charge is 0.376 e. The van der Waals surface area contributed by atoms with Crippen molar-refractivity contribution in [3.05, 3.63) is 29.8 Å². The second-order valence-electron chi connectivity index (χ2n) is 6.70. The Kier molecular flexibility index (Phi) is 4.83. The molecular weight excluding hydrogens is 344 g/mol. The molecule has 0 unspecified atom stereocenters. The number of carbonyl (C=O) groups excluding carboxylic acids is 2.